The molecule has 18 heavy (non-hydrogen) atoms. The third kappa shape index (κ3) is 5.27. The van der Waals surface area contributed by atoms with Crippen molar-refractivity contribution in [2.45, 2.75) is 19.3 Å². The molecule has 0 atom stereocenters. The Kier molecular flexibility index (Phi) is 6.36. The molecule has 0 radical (unpaired) electrons. The predicted molar refractivity (Wildman–Crippen MR) is 70.9 cm³/mol. The average molecular weight is 252 g/mol. The van der Waals surface area contributed by atoms with Crippen molar-refractivity contribution in [3.05, 3.63) is 35.6 Å². The fraction of sp³-hybridized carbons (Fsp3) is 0.500. The predicted octanol–water partition coefficient (Wildman–Crippen LogP) is 1.83. The first-order valence-corrected chi connectivity index (χ1v) is 6.25. The van der Waals surface area contributed by atoms with Crippen molar-refractivity contribution in [1.29, 1.82) is 0 Å². The Morgan fingerprint density at radius 1 is 1.28 bits per heavy atom. The third-order valence-corrected chi connectivity index (χ3v) is 2.77. The summed E-state index contributed by atoms with van der Waals surface area (Å²) in [6.07, 6.45) is 2.04. The monoisotopic (exact) mass is 252 g/mol. The average Bonchev–Trinajstić information content (AvgIpc) is 2.35. The first-order chi connectivity index (χ1) is 8.61. The van der Waals surface area contributed by atoms with E-state index in [4.69, 9.17) is 0 Å². The lowest BCUT2D eigenvalue weighted by Gasteiger charge is -2.10. The molecule has 0 saturated heterocycles. The van der Waals surface area contributed by atoms with E-state index in [2.05, 4.69) is 5.32 Å². The Balaban J connectivity index is 2.09. The molecule has 1 rings (SSSR count). The summed E-state index contributed by atoms with van der Waals surface area (Å²) < 4.78 is 13.3. The maximum Gasteiger partial charge on any atom is 0.222 e. The van der Waals surface area contributed by atoms with Crippen LogP contribution in [0.1, 0.15) is 18.4 Å². The highest BCUT2D eigenvalue weighted by Gasteiger charge is 2.03. The number of hydrogen-bond donors (Lipinski definition) is 1. The van der Waals surface area contributed by atoms with E-state index in [1.165, 1.54) is 6.07 Å². The lowest BCUT2D eigenvalue weighted by atomic mass is 10.1. The van der Waals surface area contributed by atoms with Crippen LogP contribution < -0.4 is 5.32 Å². The summed E-state index contributed by atoms with van der Waals surface area (Å²) in [6, 6.07) is 6.81. The van der Waals surface area contributed by atoms with Crippen LogP contribution in [0.5, 0.6) is 0 Å². The van der Waals surface area contributed by atoms with Gasteiger partial charge in [0.2, 0.25) is 5.91 Å². The molecule has 1 N–H and O–H groups in total. The van der Waals surface area contributed by atoms with E-state index in [1.54, 1.807) is 31.1 Å². The lowest BCUT2D eigenvalue weighted by Crippen LogP contribution is -2.24. The molecule has 0 aliphatic rings. The van der Waals surface area contributed by atoms with Crippen LogP contribution in [0.15, 0.2) is 24.3 Å². The van der Waals surface area contributed by atoms with Crippen LogP contribution in [0.25, 0.3) is 0 Å². The van der Waals surface area contributed by atoms with Crippen LogP contribution >= 0.6 is 0 Å². The SMILES string of the molecule is CN(C)C(=O)CCCNCCc1ccccc1F. The molecular weight excluding hydrogens is 231 g/mol. The summed E-state index contributed by atoms with van der Waals surface area (Å²) in [4.78, 5) is 12.9. The molecular formula is C14H21FN2O. The highest BCUT2D eigenvalue weighted by molar-refractivity contribution is 5.75. The molecule has 0 heterocycles. The van der Waals surface area contributed by atoms with Gasteiger partial charge in [-0.15, -0.1) is 0 Å². The maximum absolute atomic E-state index is 13.3. The van der Waals surface area contributed by atoms with E-state index in [-0.39, 0.29) is 11.7 Å². The number of carbonyl (C=O) groups is 1. The largest absolute Gasteiger partial charge is 0.349 e. The zero-order valence-corrected chi connectivity index (χ0v) is 11.1. The van der Waals surface area contributed by atoms with Gasteiger partial charge in [0.15, 0.2) is 0 Å². The number of nitrogens with zero attached hydrogens (tertiary/aromatic N) is 1. The van der Waals surface area contributed by atoms with Crippen molar-refractivity contribution in [1.82, 2.24) is 10.2 Å². The molecule has 1 amide bonds. The fourth-order valence-electron chi connectivity index (χ4n) is 1.64. The van der Waals surface area contributed by atoms with E-state index in [1.807, 2.05) is 6.07 Å². The summed E-state index contributed by atoms with van der Waals surface area (Å²) in [7, 11) is 3.52. The summed E-state index contributed by atoms with van der Waals surface area (Å²) in [5.41, 5.74) is 0.731. The normalized spacial score (nSPS) is 10.4. The molecule has 0 fully saturated rings. The first kappa shape index (κ1) is 14.6. The van der Waals surface area contributed by atoms with Crippen LogP contribution in [-0.2, 0) is 11.2 Å². The van der Waals surface area contributed by atoms with Gasteiger partial charge in [-0.1, -0.05) is 18.2 Å². The molecule has 1 aromatic rings. The number of nitrogens with one attached hydrogen (secondary N) is 1. The van der Waals surface area contributed by atoms with Gasteiger partial charge in [-0.05, 0) is 37.6 Å². The Hall–Kier alpha value is -1.42. The number of rotatable bonds is 7. The minimum Gasteiger partial charge on any atom is -0.349 e. The number of hydrogen-bond acceptors (Lipinski definition) is 2. The van der Waals surface area contributed by atoms with Gasteiger partial charge < -0.3 is 10.2 Å². The van der Waals surface area contributed by atoms with Gasteiger partial charge in [0, 0.05) is 20.5 Å². The molecule has 0 spiro atoms. The van der Waals surface area contributed by atoms with Crippen LogP contribution in [0.4, 0.5) is 4.39 Å². The van der Waals surface area contributed by atoms with Gasteiger partial charge in [0.1, 0.15) is 5.82 Å². The quantitative estimate of drug-likeness (QED) is 0.751. The molecule has 0 bridgehead atoms. The molecule has 4 heteroatoms. The Morgan fingerprint density at radius 3 is 2.67 bits per heavy atom. The molecule has 3 nitrogen and oxygen atoms in total. The van der Waals surface area contributed by atoms with Crippen LogP contribution in [-0.4, -0.2) is 38.0 Å². The summed E-state index contributed by atoms with van der Waals surface area (Å²) in [5.74, 6) is -0.00649. The maximum atomic E-state index is 13.3. The minimum atomic E-state index is -0.151. The Labute approximate surface area is 108 Å². The smallest absolute Gasteiger partial charge is 0.222 e. The van der Waals surface area contributed by atoms with Crippen LogP contribution in [0.3, 0.4) is 0 Å². The number of benzene rings is 1. The van der Waals surface area contributed by atoms with Gasteiger partial charge >= 0.3 is 0 Å². The second-order valence-electron chi connectivity index (χ2n) is 4.48. The van der Waals surface area contributed by atoms with Crippen molar-refractivity contribution in [3.63, 3.8) is 0 Å². The van der Waals surface area contributed by atoms with Gasteiger partial charge in [-0.25, -0.2) is 4.39 Å². The van der Waals surface area contributed by atoms with E-state index in [0.717, 1.165) is 25.1 Å². The highest BCUT2D eigenvalue weighted by atomic mass is 19.1. The lowest BCUT2D eigenvalue weighted by molar-refractivity contribution is -0.128. The molecule has 0 unspecified atom stereocenters. The van der Waals surface area contributed by atoms with Crippen LogP contribution in [0.2, 0.25) is 0 Å². The second-order valence-corrected chi connectivity index (χ2v) is 4.48. The zero-order valence-electron chi connectivity index (χ0n) is 11.1. The molecule has 1 aromatic carbocycles. The number of carbonyl (C=O) groups excluding carboxylic acids is 1. The first-order valence-electron chi connectivity index (χ1n) is 6.25. The van der Waals surface area contributed by atoms with Gasteiger partial charge in [-0.3, -0.25) is 4.79 Å². The molecule has 0 saturated carbocycles. The van der Waals surface area contributed by atoms with Crippen molar-refractivity contribution in [2.75, 3.05) is 27.2 Å². The molecule has 0 aliphatic carbocycles. The van der Waals surface area contributed by atoms with Gasteiger partial charge in [0.25, 0.3) is 0 Å². The zero-order chi connectivity index (χ0) is 13.4. The van der Waals surface area contributed by atoms with Crippen molar-refractivity contribution < 1.29 is 9.18 Å². The summed E-state index contributed by atoms with van der Waals surface area (Å²) in [6.45, 7) is 1.52. The second kappa shape index (κ2) is 7.82. The number of halogens is 1. The van der Waals surface area contributed by atoms with Gasteiger partial charge in [0.05, 0.1) is 0 Å². The van der Waals surface area contributed by atoms with Crippen LogP contribution in [0, 0.1) is 5.82 Å². The Morgan fingerprint density at radius 2 is 2.00 bits per heavy atom. The van der Waals surface area contributed by atoms with Crippen molar-refractivity contribution in [2.24, 2.45) is 0 Å². The third-order valence-electron chi connectivity index (χ3n) is 2.77. The summed E-state index contributed by atoms with van der Waals surface area (Å²) in [5, 5.41) is 3.22. The van der Waals surface area contributed by atoms with Gasteiger partial charge in [-0.2, -0.15) is 0 Å². The molecule has 0 aliphatic heterocycles. The van der Waals surface area contributed by atoms with E-state index >= 15 is 0 Å². The standard InChI is InChI=1S/C14H21FN2O/c1-17(2)14(18)8-5-10-16-11-9-12-6-3-4-7-13(12)15/h3-4,6-7,16H,5,8-11H2,1-2H3. The van der Waals surface area contributed by atoms with E-state index < -0.39 is 0 Å². The number of amides is 1. The Bertz CT molecular complexity index is 380. The van der Waals surface area contributed by atoms with Crippen molar-refractivity contribution in [3.8, 4) is 0 Å². The molecule has 100 valence electrons. The molecule has 0 aromatic heterocycles. The van der Waals surface area contributed by atoms with E-state index in [9.17, 15) is 9.18 Å². The summed E-state index contributed by atoms with van der Waals surface area (Å²) >= 11 is 0. The minimum absolute atomic E-state index is 0.144. The van der Waals surface area contributed by atoms with Crippen molar-refractivity contribution >= 4 is 5.91 Å². The fourth-order valence-corrected chi connectivity index (χ4v) is 1.64. The van der Waals surface area contributed by atoms with E-state index in [0.29, 0.717) is 12.8 Å². The highest BCUT2D eigenvalue weighted by Crippen LogP contribution is 2.06. The topological polar surface area (TPSA) is 32.3 Å².